The molecular formula is C8H11NO5. The highest BCUT2D eigenvalue weighted by molar-refractivity contribution is 6.01. The average molecular weight is 201 g/mol. The van der Waals surface area contributed by atoms with Gasteiger partial charge in [0.1, 0.15) is 0 Å². The van der Waals surface area contributed by atoms with Gasteiger partial charge < -0.3 is 9.94 Å². The van der Waals surface area contributed by atoms with Gasteiger partial charge in [-0.2, -0.15) is 0 Å². The molecule has 0 aliphatic carbocycles. The van der Waals surface area contributed by atoms with E-state index in [0.717, 1.165) is 0 Å². The zero-order chi connectivity index (χ0) is 10.6. The van der Waals surface area contributed by atoms with Gasteiger partial charge in [0, 0.05) is 19.4 Å². The molecule has 6 heteroatoms. The van der Waals surface area contributed by atoms with Crippen LogP contribution in [0.4, 0.5) is 0 Å². The number of hydroxylamine groups is 2. The van der Waals surface area contributed by atoms with Crippen LogP contribution in [0.1, 0.15) is 25.7 Å². The molecule has 6 nitrogen and oxygen atoms in total. The van der Waals surface area contributed by atoms with Gasteiger partial charge in [-0.05, 0) is 6.42 Å². The largest absolute Gasteiger partial charge is 0.396 e. The fourth-order valence-corrected chi connectivity index (χ4v) is 1.03. The molecule has 1 N–H and O–H groups in total. The summed E-state index contributed by atoms with van der Waals surface area (Å²) < 4.78 is 0. The van der Waals surface area contributed by atoms with Crippen molar-refractivity contribution >= 4 is 17.8 Å². The SMILES string of the molecule is O=C(CCCO)ON1C(=O)CCC1=O. The van der Waals surface area contributed by atoms with Crippen molar-refractivity contribution in [2.75, 3.05) is 6.61 Å². The molecular weight excluding hydrogens is 190 g/mol. The van der Waals surface area contributed by atoms with Crippen LogP contribution in [0.2, 0.25) is 0 Å². The summed E-state index contributed by atoms with van der Waals surface area (Å²) in [6, 6.07) is 0. The number of carbonyl (C=O) groups excluding carboxylic acids is 3. The topological polar surface area (TPSA) is 83.9 Å². The van der Waals surface area contributed by atoms with Crippen LogP contribution in [-0.2, 0) is 19.2 Å². The average Bonchev–Trinajstić information content (AvgIpc) is 2.46. The summed E-state index contributed by atoms with van der Waals surface area (Å²) in [4.78, 5) is 37.4. The minimum atomic E-state index is -0.678. The smallest absolute Gasteiger partial charge is 0.333 e. The molecule has 0 atom stereocenters. The van der Waals surface area contributed by atoms with Crippen molar-refractivity contribution in [1.82, 2.24) is 5.06 Å². The van der Waals surface area contributed by atoms with Crippen molar-refractivity contribution in [2.24, 2.45) is 0 Å². The number of imide groups is 1. The van der Waals surface area contributed by atoms with Crippen LogP contribution in [-0.4, -0.2) is 34.6 Å². The van der Waals surface area contributed by atoms with Gasteiger partial charge in [0.15, 0.2) is 0 Å². The number of amides is 2. The number of carbonyl (C=O) groups is 3. The van der Waals surface area contributed by atoms with Gasteiger partial charge in [-0.3, -0.25) is 9.59 Å². The molecule has 0 bridgehead atoms. The Hall–Kier alpha value is -1.43. The Morgan fingerprint density at radius 3 is 2.43 bits per heavy atom. The van der Waals surface area contributed by atoms with Gasteiger partial charge in [0.05, 0.1) is 6.42 Å². The number of aliphatic hydroxyl groups is 1. The van der Waals surface area contributed by atoms with Crippen LogP contribution in [0.5, 0.6) is 0 Å². The summed E-state index contributed by atoms with van der Waals surface area (Å²) in [7, 11) is 0. The Labute approximate surface area is 80.4 Å². The molecule has 2 amide bonds. The summed E-state index contributed by atoms with van der Waals surface area (Å²) in [6.45, 7) is -0.128. The molecule has 14 heavy (non-hydrogen) atoms. The first-order valence-corrected chi connectivity index (χ1v) is 4.32. The maximum absolute atomic E-state index is 11.0. The van der Waals surface area contributed by atoms with E-state index in [9.17, 15) is 14.4 Å². The number of hydrogen-bond donors (Lipinski definition) is 1. The Kier molecular flexibility index (Phi) is 3.58. The van der Waals surface area contributed by atoms with Crippen LogP contribution >= 0.6 is 0 Å². The van der Waals surface area contributed by atoms with Crippen molar-refractivity contribution < 1.29 is 24.3 Å². The molecule has 0 spiro atoms. The first-order valence-electron chi connectivity index (χ1n) is 4.32. The third-order valence-corrected chi connectivity index (χ3v) is 1.74. The number of rotatable bonds is 4. The Morgan fingerprint density at radius 1 is 1.36 bits per heavy atom. The monoisotopic (exact) mass is 201 g/mol. The van der Waals surface area contributed by atoms with Crippen LogP contribution in [0, 0.1) is 0 Å². The summed E-state index contributed by atoms with van der Waals surface area (Å²) >= 11 is 0. The van der Waals surface area contributed by atoms with Crippen LogP contribution in [0.25, 0.3) is 0 Å². The molecule has 0 radical (unpaired) electrons. The Balaban J connectivity index is 2.39. The fraction of sp³-hybridized carbons (Fsp3) is 0.625. The molecule has 1 heterocycles. The third kappa shape index (κ3) is 2.53. The second-order valence-electron chi connectivity index (χ2n) is 2.87. The van der Waals surface area contributed by atoms with Gasteiger partial charge in [-0.25, -0.2) is 4.79 Å². The van der Waals surface area contributed by atoms with Gasteiger partial charge in [0.2, 0.25) is 0 Å². The molecule has 1 fully saturated rings. The lowest BCUT2D eigenvalue weighted by Crippen LogP contribution is -2.32. The van der Waals surface area contributed by atoms with Crippen LogP contribution in [0.3, 0.4) is 0 Å². The third-order valence-electron chi connectivity index (χ3n) is 1.74. The minimum Gasteiger partial charge on any atom is -0.396 e. The van der Waals surface area contributed by atoms with Gasteiger partial charge in [0.25, 0.3) is 11.8 Å². The van der Waals surface area contributed by atoms with E-state index < -0.39 is 17.8 Å². The molecule has 0 saturated carbocycles. The predicted molar refractivity (Wildman–Crippen MR) is 43.5 cm³/mol. The van der Waals surface area contributed by atoms with Crippen molar-refractivity contribution in [1.29, 1.82) is 0 Å². The second kappa shape index (κ2) is 4.71. The van der Waals surface area contributed by atoms with Crippen molar-refractivity contribution in [3.05, 3.63) is 0 Å². The lowest BCUT2D eigenvalue weighted by atomic mass is 10.3. The molecule has 1 rings (SSSR count). The number of aliphatic hydroxyl groups excluding tert-OH is 1. The van der Waals surface area contributed by atoms with Gasteiger partial charge >= 0.3 is 5.97 Å². The van der Waals surface area contributed by atoms with E-state index in [4.69, 9.17) is 5.11 Å². The van der Waals surface area contributed by atoms with Crippen molar-refractivity contribution in [3.8, 4) is 0 Å². The van der Waals surface area contributed by atoms with Gasteiger partial charge in [-0.1, -0.05) is 0 Å². The van der Waals surface area contributed by atoms with E-state index in [1.807, 2.05) is 0 Å². The summed E-state index contributed by atoms with van der Waals surface area (Å²) in [5, 5.41) is 8.92. The maximum atomic E-state index is 11.0. The van der Waals surface area contributed by atoms with Crippen molar-refractivity contribution in [3.63, 3.8) is 0 Å². The molecule has 0 aromatic rings. The zero-order valence-electron chi connectivity index (χ0n) is 7.56. The molecule has 0 unspecified atom stereocenters. The predicted octanol–water partition coefficient (Wildman–Crippen LogP) is -0.634. The van der Waals surface area contributed by atoms with E-state index in [1.165, 1.54) is 0 Å². The van der Waals surface area contributed by atoms with Crippen LogP contribution < -0.4 is 0 Å². The fourth-order valence-electron chi connectivity index (χ4n) is 1.03. The summed E-state index contributed by atoms with van der Waals surface area (Å²) in [5.41, 5.74) is 0. The molecule has 0 aromatic heterocycles. The lowest BCUT2D eigenvalue weighted by molar-refractivity contribution is -0.197. The Bertz CT molecular complexity index is 246. The molecule has 1 saturated heterocycles. The number of nitrogens with zero attached hydrogens (tertiary/aromatic N) is 1. The second-order valence-corrected chi connectivity index (χ2v) is 2.87. The van der Waals surface area contributed by atoms with E-state index in [1.54, 1.807) is 0 Å². The van der Waals surface area contributed by atoms with E-state index in [-0.39, 0.29) is 32.3 Å². The highest BCUT2D eigenvalue weighted by atomic mass is 16.7. The highest BCUT2D eigenvalue weighted by Gasteiger charge is 2.32. The molecule has 1 aliphatic heterocycles. The van der Waals surface area contributed by atoms with Crippen LogP contribution in [0.15, 0.2) is 0 Å². The van der Waals surface area contributed by atoms with E-state index >= 15 is 0 Å². The van der Waals surface area contributed by atoms with Crippen molar-refractivity contribution in [2.45, 2.75) is 25.7 Å². The molecule has 1 aliphatic rings. The molecule has 78 valence electrons. The van der Waals surface area contributed by atoms with E-state index in [2.05, 4.69) is 4.84 Å². The van der Waals surface area contributed by atoms with Gasteiger partial charge in [-0.15, -0.1) is 5.06 Å². The zero-order valence-corrected chi connectivity index (χ0v) is 7.56. The summed E-state index contributed by atoms with van der Waals surface area (Å²) in [5.74, 6) is -1.66. The first kappa shape index (κ1) is 10.6. The summed E-state index contributed by atoms with van der Waals surface area (Å²) in [6.07, 6.45) is 0.431. The first-order chi connectivity index (χ1) is 6.65. The number of hydrogen-bond acceptors (Lipinski definition) is 5. The molecule has 0 aromatic carbocycles. The normalized spacial score (nSPS) is 16.2. The minimum absolute atomic E-state index is 0.00639. The quantitative estimate of drug-likeness (QED) is 0.612. The Morgan fingerprint density at radius 2 is 1.93 bits per heavy atom. The lowest BCUT2D eigenvalue weighted by Gasteiger charge is -2.11. The maximum Gasteiger partial charge on any atom is 0.333 e. The van der Waals surface area contributed by atoms with E-state index in [0.29, 0.717) is 5.06 Å². The highest BCUT2D eigenvalue weighted by Crippen LogP contribution is 2.12. The standard InChI is InChI=1S/C8H11NO5/c10-5-1-2-8(13)14-9-6(11)3-4-7(9)12/h10H,1-5H2.